The van der Waals surface area contributed by atoms with Crippen molar-refractivity contribution >= 4 is 0 Å². The summed E-state index contributed by atoms with van der Waals surface area (Å²) in [5.74, 6) is 0.399. The van der Waals surface area contributed by atoms with Gasteiger partial charge in [0.25, 0.3) is 0 Å². The summed E-state index contributed by atoms with van der Waals surface area (Å²) in [6.45, 7) is 4.76. The maximum atomic E-state index is 9.53. The van der Waals surface area contributed by atoms with Crippen molar-refractivity contribution in [2.75, 3.05) is 0 Å². The molecule has 0 spiro atoms. The number of nitrogens with one attached hydrogen (secondary N) is 1. The molecule has 2 nitrogen and oxygen atoms in total. The van der Waals surface area contributed by atoms with E-state index in [1.807, 2.05) is 12.1 Å². The quantitative estimate of drug-likeness (QED) is 0.835. The first-order valence-electron chi connectivity index (χ1n) is 7.14. The molecule has 1 aromatic carbocycles. The maximum Gasteiger partial charge on any atom is 0.115 e. The monoisotopic (exact) mass is 245 g/mol. The van der Waals surface area contributed by atoms with Crippen LogP contribution in [0.5, 0.6) is 5.75 Å². The fourth-order valence-electron chi connectivity index (χ4n) is 3.66. The van der Waals surface area contributed by atoms with Crippen LogP contribution in [0.25, 0.3) is 0 Å². The summed E-state index contributed by atoms with van der Waals surface area (Å²) in [6.07, 6.45) is 6.25. The van der Waals surface area contributed by atoms with Crippen molar-refractivity contribution in [1.29, 1.82) is 0 Å². The lowest BCUT2D eigenvalue weighted by molar-refractivity contribution is 0.261. The molecule has 0 radical (unpaired) electrons. The van der Waals surface area contributed by atoms with Crippen LogP contribution in [0, 0.1) is 5.41 Å². The van der Waals surface area contributed by atoms with E-state index >= 15 is 0 Å². The molecule has 2 heteroatoms. The Bertz CT molecular complexity index is 452. The molecular formula is C16H23NO. The lowest BCUT2D eigenvalue weighted by Crippen LogP contribution is -2.39. The van der Waals surface area contributed by atoms with E-state index in [1.165, 1.54) is 36.8 Å². The van der Waals surface area contributed by atoms with Crippen molar-refractivity contribution in [2.24, 2.45) is 5.41 Å². The Kier molecular flexibility index (Phi) is 2.86. The fraction of sp³-hybridized carbons (Fsp3) is 0.625. The van der Waals surface area contributed by atoms with E-state index in [1.54, 1.807) is 0 Å². The Hall–Kier alpha value is -1.02. The highest BCUT2D eigenvalue weighted by molar-refractivity contribution is 5.40. The van der Waals surface area contributed by atoms with Gasteiger partial charge in [-0.3, -0.25) is 0 Å². The number of phenols is 1. The molecule has 0 aliphatic heterocycles. The molecule has 0 amide bonds. The van der Waals surface area contributed by atoms with E-state index in [2.05, 4.69) is 25.2 Å². The molecule has 0 heterocycles. The standard InChI is InChI=1S/C16H23NO/c1-16(2)9-3-4-15(16)17-14-8-5-11-10-12(18)6-7-13(11)14/h6-7,10,14-15,17-18H,3-5,8-9H2,1-2H3. The highest BCUT2D eigenvalue weighted by atomic mass is 16.3. The van der Waals surface area contributed by atoms with Gasteiger partial charge in [-0.05, 0) is 54.4 Å². The molecule has 0 saturated heterocycles. The summed E-state index contributed by atoms with van der Waals surface area (Å²) in [5.41, 5.74) is 3.15. The Morgan fingerprint density at radius 1 is 1.28 bits per heavy atom. The van der Waals surface area contributed by atoms with Gasteiger partial charge >= 0.3 is 0 Å². The summed E-state index contributed by atoms with van der Waals surface area (Å²) in [5, 5.41) is 13.4. The number of aryl methyl sites for hydroxylation is 1. The first kappa shape index (κ1) is 12.0. The lowest BCUT2D eigenvalue weighted by Gasteiger charge is -2.31. The number of hydrogen-bond acceptors (Lipinski definition) is 2. The second kappa shape index (κ2) is 4.27. The van der Waals surface area contributed by atoms with Crippen LogP contribution < -0.4 is 5.32 Å². The zero-order valence-corrected chi connectivity index (χ0v) is 11.4. The van der Waals surface area contributed by atoms with Crippen molar-refractivity contribution in [1.82, 2.24) is 5.32 Å². The van der Waals surface area contributed by atoms with Gasteiger partial charge < -0.3 is 10.4 Å². The lowest BCUT2D eigenvalue weighted by atomic mass is 9.86. The highest BCUT2D eigenvalue weighted by Gasteiger charge is 2.36. The van der Waals surface area contributed by atoms with Gasteiger partial charge in [-0.15, -0.1) is 0 Å². The van der Waals surface area contributed by atoms with Crippen LogP contribution in [0.3, 0.4) is 0 Å². The molecule has 2 aliphatic rings. The number of hydrogen-bond donors (Lipinski definition) is 2. The summed E-state index contributed by atoms with van der Waals surface area (Å²) >= 11 is 0. The minimum Gasteiger partial charge on any atom is -0.508 e. The predicted octanol–water partition coefficient (Wildman–Crippen LogP) is 3.55. The topological polar surface area (TPSA) is 32.3 Å². The number of rotatable bonds is 2. The number of aromatic hydroxyl groups is 1. The summed E-state index contributed by atoms with van der Waals surface area (Å²) < 4.78 is 0. The third-order valence-electron chi connectivity index (χ3n) is 4.86. The van der Waals surface area contributed by atoms with E-state index < -0.39 is 0 Å². The predicted molar refractivity (Wildman–Crippen MR) is 73.7 cm³/mol. The van der Waals surface area contributed by atoms with Crippen molar-refractivity contribution in [3.63, 3.8) is 0 Å². The van der Waals surface area contributed by atoms with Crippen LogP contribution in [0.4, 0.5) is 0 Å². The smallest absolute Gasteiger partial charge is 0.115 e. The van der Waals surface area contributed by atoms with Gasteiger partial charge in [0.1, 0.15) is 5.75 Å². The SMILES string of the molecule is CC1(C)CCCC1NC1CCc2cc(O)ccc21. The molecule has 2 aliphatic carbocycles. The van der Waals surface area contributed by atoms with E-state index in [4.69, 9.17) is 0 Å². The second-order valence-corrected chi connectivity index (χ2v) is 6.57. The van der Waals surface area contributed by atoms with Crippen molar-refractivity contribution < 1.29 is 5.11 Å². The molecule has 1 fully saturated rings. The number of benzene rings is 1. The Balaban J connectivity index is 1.77. The third kappa shape index (κ3) is 2.03. The summed E-state index contributed by atoms with van der Waals surface area (Å²) in [7, 11) is 0. The van der Waals surface area contributed by atoms with Crippen LogP contribution in [0.15, 0.2) is 18.2 Å². The summed E-state index contributed by atoms with van der Waals surface area (Å²) in [6, 6.07) is 6.97. The first-order chi connectivity index (χ1) is 8.56. The van der Waals surface area contributed by atoms with E-state index in [9.17, 15) is 5.11 Å². The Morgan fingerprint density at radius 3 is 2.83 bits per heavy atom. The molecule has 0 aromatic heterocycles. The molecule has 2 N–H and O–H groups in total. The van der Waals surface area contributed by atoms with Gasteiger partial charge in [-0.2, -0.15) is 0 Å². The van der Waals surface area contributed by atoms with Crippen LogP contribution >= 0.6 is 0 Å². The van der Waals surface area contributed by atoms with Gasteiger partial charge in [-0.25, -0.2) is 0 Å². The molecule has 1 aromatic rings. The molecule has 3 rings (SSSR count). The third-order valence-corrected chi connectivity index (χ3v) is 4.86. The second-order valence-electron chi connectivity index (χ2n) is 6.57. The van der Waals surface area contributed by atoms with Gasteiger partial charge in [-0.1, -0.05) is 26.3 Å². The van der Waals surface area contributed by atoms with Gasteiger partial charge in [0.05, 0.1) is 0 Å². The Labute approximate surface area is 109 Å². The van der Waals surface area contributed by atoms with E-state index in [0.29, 0.717) is 23.2 Å². The molecule has 2 unspecified atom stereocenters. The van der Waals surface area contributed by atoms with Crippen LogP contribution in [0.2, 0.25) is 0 Å². The average molecular weight is 245 g/mol. The van der Waals surface area contributed by atoms with Crippen molar-refractivity contribution in [3.8, 4) is 5.75 Å². The minimum atomic E-state index is 0.399. The molecule has 2 atom stereocenters. The number of fused-ring (bicyclic) bond motifs is 1. The fourth-order valence-corrected chi connectivity index (χ4v) is 3.66. The first-order valence-corrected chi connectivity index (χ1v) is 7.14. The maximum absolute atomic E-state index is 9.53. The van der Waals surface area contributed by atoms with Crippen LogP contribution in [-0.2, 0) is 6.42 Å². The molecule has 18 heavy (non-hydrogen) atoms. The zero-order valence-electron chi connectivity index (χ0n) is 11.4. The van der Waals surface area contributed by atoms with Crippen molar-refractivity contribution in [3.05, 3.63) is 29.3 Å². The molecular weight excluding hydrogens is 222 g/mol. The zero-order chi connectivity index (χ0) is 12.8. The normalized spacial score (nSPS) is 29.4. The Morgan fingerprint density at radius 2 is 2.11 bits per heavy atom. The van der Waals surface area contributed by atoms with Crippen molar-refractivity contribution in [2.45, 2.75) is 58.0 Å². The molecule has 0 bridgehead atoms. The van der Waals surface area contributed by atoms with E-state index in [0.717, 1.165) is 6.42 Å². The van der Waals surface area contributed by atoms with Crippen LogP contribution in [0.1, 0.15) is 56.7 Å². The van der Waals surface area contributed by atoms with E-state index in [-0.39, 0.29) is 0 Å². The van der Waals surface area contributed by atoms with Gasteiger partial charge in [0.2, 0.25) is 0 Å². The van der Waals surface area contributed by atoms with Gasteiger partial charge in [0, 0.05) is 12.1 Å². The highest BCUT2D eigenvalue weighted by Crippen LogP contribution is 2.41. The summed E-state index contributed by atoms with van der Waals surface area (Å²) in [4.78, 5) is 0. The van der Waals surface area contributed by atoms with Crippen LogP contribution in [-0.4, -0.2) is 11.1 Å². The molecule has 98 valence electrons. The molecule has 1 saturated carbocycles. The number of phenolic OH excluding ortho intramolecular Hbond substituents is 1. The minimum absolute atomic E-state index is 0.399. The van der Waals surface area contributed by atoms with Gasteiger partial charge in [0.15, 0.2) is 0 Å². The average Bonchev–Trinajstić information content (AvgIpc) is 2.84. The largest absolute Gasteiger partial charge is 0.508 e.